The molecule has 1 aliphatic heterocycles. The molecule has 28 heavy (non-hydrogen) atoms. The summed E-state index contributed by atoms with van der Waals surface area (Å²) in [4.78, 5) is 28.7. The first kappa shape index (κ1) is 20.3. The van der Waals surface area contributed by atoms with E-state index >= 15 is 0 Å². The van der Waals surface area contributed by atoms with Gasteiger partial charge < -0.3 is 15.1 Å². The van der Waals surface area contributed by atoms with Crippen LogP contribution in [0, 0.1) is 13.8 Å². The van der Waals surface area contributed by atoms with Crippen LogP contribution in [0.25, 0.3) is 0 Å². The highest BCUT2D eigenvalue weighted by Gasteiger charge is 2.22. The second-order valence-corrected chi connectivity index (χ2v) is 8.05. The number of nitrogens with one attached hydrogen (secondary N) is 1. The van der Waals surface area contributed by atoms with E-state index < -0.39 is 0 Å². The molecule has 1 saturated heterocycles. The number of piperazine rings is 1. The number of amides is 2. The van der Waals surface area contributed by atoms with E-state index in [0.29, 0.717) is 5.75 Å². The number of thioether (sulfide) groups is 1. The van der Waals surface area contributed by atoms with E-state index in [1.165, 1.54) is 23.0 Å². The lowest BCUT2D eigenvalue weighted by atomic mass is 10.1. The van der Waals surface area contributed by atoms with Crippen LogP contribution in [0.1, 0.15) is 11.1 Å². The fourth-order valence-corrected chi connectivity index (χ4v) is 3.99. The topological polar surface area (TPSA) is 52.7 Å². The fraction of sp³-hybridized carbons (Fsp3) is 0.364. The molecule has 0 spiro atoms. The van der Waals surface area contributed by atoms with Crippen LogP contribution in [-0.4, -0.2) is 54.4 Å². The summed E-state index contributed by atoms with van der Waals surface area (Å²) in [6.45, 7) is 7.26. The summed E-state index contributed by atoms with van der Waals surface area (Å²) < 4.78 is 0. The molecule has 5 nitrogen and oxygen atoms in total. The summed E-state index contributed by atoms with van der Waals surface area (Å²) in [6, 6.07) is 16.0. The molecular weight excluding hydrogens is 370 g/mol. The van der Waals surface area contributed by atoms with Crippen molar-refractivity contribution in [3.05, 3.63) is 59.7 Å². The standard InChI is InChI=1S/C22H27N3O2S/c1-17-7-9-19(10-8-17)23-21(26)15-28-16-22(27)25-13-11-24(12-14-25)20-6-4-3-5-18(20)2/h3-10H,11-16H2,1-2H3,(H,23,26). The molecule has 2 aromatic rings. The van der Waals surface area contributed by atoms with E-state index in [4.69, 9.17) is 0 Å². The summed E-state index contributed by atoms with van der Waals surface area (Å²) in [5.74, 6) is 0.651. The van der Waals surface area contributed by atoms with Gasteiger partial charge in [0.1, 0.15) is 0 Å². The molecule has 1 aliphatic rings. The number of hydrogen-bond acceptors (Lipinski definition) is 4. The van der Waals surface area contributed by atoms with Crippen molar-refractivity contribution in [3.8, 4) is 0 Å². The Kier molecular flexibility index (Phi) is 6.98. The van der Waals surface area contributed by atoms with Crippen LogP contribution in [0.5, 0.6) is 0 Å². The highest BCUT2D eigenvalue weighted by Crippen LogP contribution is 2.21. The van der Waals surface area contributed by atoms with E-state index in [2.05, 4.69) is 35.3 Å². The number of carbonyl (C=O) groups excluding carboxylic acids is 2. The molecule has 0 aliphatic carbocycles. The van der Waals surface area contributed by atoms with E-state index in [1.54, 1.807) is 0 Å². The Bertz CT molecular complexity index is 815. The van der Waals surface area contributed by atoms with Crippen molar-refractivity contribution in [1.29, 1.82) is 0 Å². The van der Waals surface area contributed by atoms with Gasteiger partial charge in [-0.25, -0.2) is 0 Å². The number of carbonyl (C=O) groups is 2. The van der Waals surface area contributed by atoms with E-state index in [1.807, 2.05) is 42.2 Å². The van der Waals surface area contributed by atoms with Crippen molar-refractivity contribution in [2.45, 2.75) is 13.8 Å². The molecule has 3 rings (SSSR count). The molecule has 0 atom stereocenters. The third-order valence-corrected chi connectivity index (χ3v) is 5.80. The molecule has 1 N–H and O–H groups in total. The molecule has 0 unspecified atom stereocenters. The zero-order chi connectivity index (χ0) is 19.9. The average Bonchev–Trinajstić information content (AvgIpc) is 2.70. The Morgan fingerprint density at radius 2 is 1.61 bits per heavy atom. The van der Waals surface area contributed by atoms with Crippen LogP contribution in [0.2, 0.25) is 0 Å². The first-order chi connectivity index (χ1) is 13.5. The summed E-state index contributed by atoms with van der Waals surface area (Å²) in [5, 5.41) is 2.86. The second kappa shape index (κ2) is 9.64. The maximum Gasteiger partial charge on any atom is 0.234 e. The zero-order valence-electron chi connectivity index (χ0n) is 16.5. The largest absolute Gasteiger partial charge is 0.368 e. The predicted molar refractivity (Wildman–Crippen MR) is 117 cm³/mol. The minimum atomic E-state index is -0.0778. The average molecular weight is 398 g/mol. The van der Waals surface area contributed by atoms with Gasteiger partial charge in [0.15, 0.2) is 0 Å². The quantitative estimate of drug-likeness (QED) is 0.812. The molecule has 148 valence electrons. The fourth-order valence-electron chi connectivity index (χ4n) is 3.27. The normalized spacial score (nSPS) is 14.1. The van der Waals surface area contributed by atoms with Gasteiger partial charge in [0.05, 0.1) is 11.5 Å². The SMILES string of the molecule is Cc1ccc(NC(=O)CSCC(=O)N2CCN(c3ccccc3C)CC2)cc1. The molecule has 1 heterocycles. The third-order valence-electron chi connectivity index (χ3n) is 4.88. The van der Waals surface area contributed by atoms with Gasteiger partial charge in [-0.15, -0.1) is 11.8 Å². The van der Waals surface area contributed by atoms with Crippen molar-refractivity contribution in [2.75, 3.05) is 47.9 Å². The van der Waals surface area contributed by atoms with Gasteiger partial charge in [0.25, 0.3) is 0 Å². The van der Waals surface area contributed by atoms with Crippen molar-refractivity contribution in [3.63, 3.8) is 0 Å². The molecule has 0 aromatic heterocycles. The molecule has 1 fully saturated rings. The lowest BCUT2D eigenvalue weighted by molar-refractivity contribution is -0.128. The van der Waals surface area contributed by atoms with Crippen LogP contribution in [0.15, 0.2) is 48.5 Å². The highest BCUT2D eigenvalue weighted by atomic mass is 32.2. The predicted octanol–water partition coefficient (Wildman–Crippen LogP) is 3.32. The molecule has 0 saturated carbocycles. The minimum absolute atomic E-state index is 0.0778. The van der Waals surface area contributed by atoms with Crippen LogP contribution in [0.3, 0.4) is 0 Å². The minimum Gasteiger partial charge on any atom is -0.368 e. The number of benzene rings is 2. The van der Waals surface area contributed by atoms with Gasteiger partial charge in [-0.1, -0.05) is 35.9 Å². The Balaban J connectivity index is 1.38. The number of anilines is 2. The maximum absolute atomic E-state index is 12.4. The number of rotatable bonds is 6. The van der Waals surface area contributed by atoms with Gasteiger partial charge in [-0.05, 0) is 37.6 Å². The Labute approximate surface area is 171 Å². The van der Waals surface area contributed by atoms with E-state index in [-0.39, 0.29) is 17.6 Å². The molecular formula is C22H27N3O2S. The second-order valence-electron chi connectivity index (χ2n) is 7.06. The molecule has 2 aromatic carbocycles. The Morgan fingerprint density at radius 1 is 0.929 bits per heavy atom. The first-order valence-electron chi connectivity index (χ1n) is 9.55. The maximum atomic E-state index is 12.4. The van der Waals surface area contributed by atoms with Gasteiger partial charge >= 0.3 is 0 Å². The number of para-hydroxylation sites is 1. The Hall–Kier alpha value is -2.47. The van der Waals surface area contributed by atoms with E-state index in [0.717, 1.165) is 37.4 Å². The van der Waals surface area contributed by atoms with Crippen LogP contribution in [0.4, 0.5) is 11.4 Å². The number of hydrogen-bond donors (Lipinski definition) is 1. The van der Waals surface area contributed by atoms with Gasteiger partial charge in [-0.3, -0.25) is 9.59 Å². The lowest BCUT2D eigenvalue weighted by Crippen LogP contribution is -2.49. The van der Waals surface area contributed by atoms with Crippen LogP contribution in [-0.2, 0) is 9.59 Å². The van der Waals surface area contributed by atoms with Gasteiger partial charge in [-0.2, -0.15) is 0 Å². The van der Waals surface area contributed by atoms with Crippen LogP contribution < -0.4 is 10.2 Å². The smallest absolute Gasteiger partial charge is 0.234 e. The number of aryl methyl sites for hydroxylation is 2. The monoisotopic (exact) mass is 397 g/mol. The van der Waals surface area contributed by atoms with Crippen molar-refractivity contribution in [1.82, 2.24) is 4.90 Å². The van der Waals surface area contributed by atoms with Crippen LogP contribution >= 0.6 is 11.8 Å². The highest BCUT2D eigenvalue weighted by molar-refractivity contribution is 8.00. The van der Waals surface area contributed by atoms with E-state index in [9.17, 15) is 9.59 Å². The summed E-state index contributed by atoms with van der Waals surface area (Å²) >= 11 is 1.37. The summed E-state index contributed by atoms with van der Waals surface area (Å²) in [7, 11) is 0. The van der Waals surface area contributed by atoms with Gasteiger partial charge in [0, 0.05) is 37.6 Å². The molecule has 0 bridgehead atoms. The lowest BCUT2D eigenvalue weighted by Gasteiger charge is -2.36. The van der Waals surface area contributed by atoms with Gasteiger partial charge in [0.2, 0.25) is 11.8 Å². The van der Waals surface area contributed by atoms with Crippen molar-refractivity contribution in [2.24, 2.45) is 0 Å². The van der Waals surface area contributed by atoms with Crippen molar-refractivity contribution < 1.29 is 9.59 Å². The molecule has 0 radical (unpaired) electrons. The molecule has 2 amide bonds. The third kappa shape index (κ3) is 5.52. The zero-order valence-corrected chi connectivity index (χ0v) is 17.3. The summed E-state index contributed by atoms with van der Waals surface area (Å²) in [6.07, 6.45) is 0. The summed E-state index contributed by atoms with van der Waals surface area (Å²) in [5.41, 5.74) is 4.45. The first-order valence-corrected chi connectivity index (χ1v) is 10.7. The number of nitrogens with zero attached hydrogens (tertiary/aromatic N) is 2. The molecule has 6 heteroatoms. The Morgan fingerprint density at radius 3 is 2.29 bits per heavy atom. The van der Waals surface area contributed by atoms with Crippen molar-refractivity contribution >= 4 is 35.0 Å².